The van der Waals surface area contributed by atoms with Gasteiger partial charge in [-0.15, -0.1) is 0 Å². The van der Waals surface area contributed by atoms with Crippen LogP contribution in [0.2, 0.25) is 0 Å². The molecule has 1 aromatic carbocycles. The first-order chi connectivity index (χ1) is 6.79. The van der Waals surface area contributed by atoms with Crippen molar-refractivity contribution in [1.29, 1.82) is 0 Å². The number of aryl methyl sites for hydroxylation is 1. The Balaban J connectivity index is 2.88. The highest BCUT2D eigenvalue weighted by molar-refractivity contribution is 14.1. The van der Waals surface area contributed by atoms with Crippen LogP contribution in [0.15, 0.2) is 24.3 Å². The van der Waals surface area contributed by atoms with Crippen molar-refractivity contribution in [2.75, 3.05) is 11.0 Å². The van der Waals surface area contributed by atoms with Gasteiger partial charge in [0.05, 0.1) is 0 Å². The molecular weight excluding hydrogens is 289 g/mol. The van der Waals surface area contributed by atoms with Crippen molar-refractivity contribution < 1.29 is 4.79 Å². The number of benzene rings is 1. The van der Waals surface area contributed by atoms with Crippen LogP contribution in [-0.2, 0) is 6.42 Å². The zero-order valence-corrected chi connectivity index (χ0v) is 10.4. The van der Waals surface area contributed by atoms with E-state index in [0.717, 1.165) is 22.0 Å². The molecule has 3 heteroatoms. The molecule has 1 rings (SSSR count). The van der Waals surface area contributed by atoms with Gasteiger partial charge >= 0.3 is 0 Å². The average molecular weight is 303 g/mol. The molecule has 0 saturated carbocycles. The fourth-order valence-electron chi connectivity index (χ4n) is 1.32. The summed E-state index contributed by atoms with van der Waals surface area (Å²) >= 11 is 2.32. The first-order valence-electron chi connectivity index (χ1n) is 4.71. The van der Waals surface area contributed by atoms with Gasteiger partial charge in [0, 0.05) is 16.5 Å². The van der Waals surface area contributed by atoms with E-state index in [1.807, 2.05) is 31.2 Å². The van der Waals surface area contributed by atoms with E-state index in [1.54, 1.807) is 0 Å². The van der Waals surface area contributed by atoms with Gasteiger partial charge in [0.25, 0.3) is 5.91 Å². The van der Waals surface area contributed by atoms with Crippen molar-refractivity contribution >= 4 is 28.5 Å². The van der Waals surface area contributed by atoms with E-state index in [0.29, 0.717) is 6.54 Å². The van der Waals surface area contributed by atoms with E-state index >= 15 is 0 Å². The predicted octanol–water partition coefficient (Wildman–Crippen LogP) is 2.41. The number of hydrogen-bond donors (Lipinski definition) is 1. The fourth-order valence-corrected chi connectivity index (χ4v) is 1.90. The molecule has 0 saturated heterocycles. The lowest BCUT2D eigenvalue weighted by Crippen LogP contribution is -2.23. The molecule has 0 fully saturated rings. The van der Waals surface area contributed by atoms with Gasteiger partial charge in [0.2, 0.25) is 0 Å². The molecular formula is C11H14INO. The molecule has 0 heterocycles. The Labute approximate surface area is 98.2 Å². The lowest BCUT2D eigenvalue weighted by atomic mass is 10.0. The minimum absolute atomic E-state index is 0.0351. The molecule has 76 valence electrons. The van der Waals surface area contributed by atoms with E-state index in [-0.39, 0.29) is 5.91 Å². The van der Waals surface area contributed by atoms with Crippen molar-refractivity contribution in [3.05, 3.63) is 35.4 Å². The predicted molar refractivity (Wildman–Crippen MR) is 67.0 cm³/mol. The minimum Gasteiger partial charge on any atom is -0.352 e. The van der Waals surface area contributed by atoms with Crippen LogP contribution in [0, 0.1) is 0 Å². The molecule has 0 aliphatic heterocycles. The number of hydrogen-bond acceptors (Lipinski definition) is 1. The summed E-state index contributed by atoms with van der Waals surface area (Å²) < 4.78 is 1.04. The van der Waals surface area contributed by atoms with Crippen molar-refractivity contribution in [2.45, 2.75) is 13.3 Å². The fraction of sp³-hybridized carbons (Fsp3) is 0.364. The standard InChI is InChI=1S/C11H14INO/c1-2-13-11(14)10-6-4-3-5-9(10)7-8-12/h3-6H,2,7-8H2,1H3,(H,13,14). The summed E-state index contributed by atoms with van der Waals surface area (Å²) in [6.45, 7) is 2.61. The highest BCUT2D eigenvalue weighted by Gasteiger charge is 2.08. The Kier molecular flexibility index (Phi) is 4.93. The Morgan fingerprint density at radius 3 is 2.79 bits per heavy atom. The summed E-state index contributed by atoms with van der Waals surface area (Å²) in [5, 5.41) is 2.82. The van der Waals surface area contributed by atoms with Gasteiger partial charge in [0.15, 0.2) is 0 Å². The monoisotopic (exact) mass is 303 g/mol. The van der Waals surface area contributed by atoms with Crippen LogP contribution in [-0.4, -0.2) is 16.9 Å². The topological polar surface area (TPSA) is 29.1 Å². The molecule has 0 aliphatic rings. The molecule has 1 N–H and O–H groups in total. The molecule has 0 atom stereocenters. The molecule has 0 aliphatic carbocycles. The van der Waals surface area contributed by atoms with Crippen molar-refractivity contribution in [3.63, 3.8) is 0 Å². The zero-order chi connectivity index (χ0) is 10.4. The number of carbonyl (C=O) groups excluding carboxylic acids is 1. The minimum atomic E-state index is 0.0351. The van der Waals surface area contributed by atoms with Gasteiger partial charge in [0.1, 0.15) is 0 Å². The number of nitrogens with one attached hydrogen (secondary N) is 1. The smallest absolute Gasteiger partial charge is 0.251 e. The second-order valence-corrected chi connectivity index (χ2v) is 4.03. The van der Waals surface area contributed by atoms with E-state index < -0.39 is 0 Å². The Bertz CT molecular complexity index is 312. The molecule has 1 amide bonds. The summed E-state index contributed by atoms with van der Waals surface area (Å²) in [5.41, 5.74) is 1.94. The highest BCUT2D eigenvalue weighted by Crippen LogP contribution is 2.10. The Hall–Kier alpha value is -0.580. The van der Waals surface area contributed by atoms with Crippen LogP contribution >= 0.6 is 22.6 Å². The van der Waals surface area contributed by atoms with Gasteiger partial charge in [-0.1, -0.05) is 40.8 Å². The van der Waals surface area contributed by atoms with Crippen molar-refractivity contribution in [1.82, 2.24) is 5.32 Å². The van der Waals surface area contributed by atoms with E-state index in [9.17, 15) is 4.79 Å². The largest absolute Gasteiger partial charge is 0.352 e. The number of alkyl halides is 1. The van der Waals surface area contributed by atoms with Gasteiger partial charge in [-0.2, -0.15) is 0 Å². The van der Waals surface area contributed by atoms with E-state index in [2.05, 4.69) is 27.9 Å². The summed E-state index contributed by atoms with van der Waals surface area (Å²) in [5.74, 6) is 0.0351. The second-order valence-electron chi connectivity index (χ2n) is 2.96. The third kappa shape index (κ3) is 2.97. The molecule has 0 radical (unpaired) electrons. The summed E-state index contributed by atoms with van der Waals surface area (Å²) in [4.78, 5) is 11.6. The zero-order valence-electron chi connectivity index (χ0n) is 8.22. The normalized spacial score (nSPS) is 9.86. The molecule has 0 spiro atoms. The highest BCUT2D eigenvalue weighted by atomic mass is 127. The van der Waals surface area contributed by atoms with Crippen LogP contribution in [0.1, 0.15) is 22.8 Å². The molecule has 1 aromatic rings. The summed E-state index contributed by atoms with van der Waals surface area (Å²) in [7, 11) is 0. The lowest BCUT2D eigenvalue weighted by Gasteiger charge is -2.07. The van der Waals surface area contributed by atoms with Gasteiger partial charge < -0.3 is 5.32 Å². The first kappa shape index (κ1) is 11.5. The maximum atomic E-state index is 11.6. The number of amides is 1. The van der Waals surface area contributed by atoms with Gasteiger partial charge in [-0.25, -0.2) is 0 Å². The Morgan fingerprint density at radius 2 is 2.14 bits per heavy atom. The van der Waals surface area contributed by atoms with Crippen LogP contribution in [0.25, 0.3) is 0 Å². The van der Waals surface area contributed by atoms with Crippen molar-refractivity contribution in [3.8, 4) is 0 Å². The third-order valence-corrected chi connectivity index (χ3v) is 2.50. The SMILES string of the molecule is CCNC(=O)c1ccccc1CCI. The first-order valence-corrected chi connectivity index (χ1v) is 6.24. The van der Waals surface area contributed by atoms with E-state index in [1.165, 1.54) is 0 Å². The van der Waals surface area contributed by atoms with Crippen molar-refractivity contribution in [2.24, 2.45) is 0 Å². The van der Waals surface area contributed by atoms with Crippen LogP contribution in [0.4, 0.5) is 0 Å². The third-order valence-electron chi connectivity index (χ3n) is 1.96. The van der Waals surface area contributed by atoms with E-state index in [4.69, 9.17) is 0 Å². The quantitative estimate of drug-likeness (QED) is 0.672. The molecule has 0 aromatic heterocycles. The van der Waals surface area contributed by atoms with Crippen LogP contribution < -0.4 is 5.32 Å². The molecule has 14 heavy (non-hydrogen) atoms. The van der Waals surface area contributed by atoms with Crippen LogP contribution in [0.3, 0.4) is 0 Å². The van der Waals surface area contributed by atoms with Crippen LogP contribution in [0.5, 0.6) is 0 Å². The van der Waals surface area contributed by atoms with Gasteiger partial charge in [-0.3, -0.25) is 4.79 Å². The molecule has 0 unspecified atom stereocenters. The lowest BCUT2D eigenvalue weighted by molar-refractivity contribution is 0.0955. The molecule has 0 bridgehead atoms. The number of carbonyl (C=O) groups is 1. The summed E-state index contributed by atoms with van der Waals surface area (Å²) in [6.07, 6.45) is 0.952. The van der Waals surface area contributed by atoms with Gasteiger partial charge in [-0.05, 0) is 25.0 Å². The number of rotatable bonds is 4. The molecule has 2 nitrogen and oxygen atoms in total. The summed E-state index contributed by atoms with van der Waals surface area (Å²) in [6, 6.07) is 7.78. The average Bonchev–Trinajstić information content (AvgIpc) is 2.19. The Morgan fingerprint density at radius 1 is 1.43 bits per heavy atom. The number of halogens is 1. The maximum absolute atomic E-state index is 11.6. The second kappa shape index (κ2) is 6.01. The maximum Gasteiger partial charge on any atom is 0.251 e.